The zero-order chi connectivity index (χ0) is 60.1. The van der Waals surface area contributed by atoms with E-state index in [0.29, 0.717) is 46.1 Å². The molecule has 6 unspecified atom stereocenters. The Morgan fingerprint density at radius 2 is 1.01 bits per heavy atom. The van der Waals surface area contributed by atoms with Gasteiger partial charge in [-0.15, -0.1) is 0 Å². The molecular weight excluding hydrogens is 1010 g/mol. The Bertz CT molecular complexity index is 1640. The molecule has 25 nitrogen and oxygen atoms in total. The molecule has 0 bridgehead atoms. The molecule has 77 heavy (non-hydrogen) atoms. The number of aliphatic hydroxyl groups is 4. The first-order chi connectivity index (χ1) is 35.7. The highest BCUT2D eigenvalue weighted by atomic mass is 16.6. The van der Waals surface area contributed by atoms with Gasteiger partial charge in [-0.25, -0.2) is 9.59 Å². The van der Waals surface area contributed by atoms with Crippen LogP contribution in [0.1, 0.15) is 123 Å². The van der Waals surface area contributed by atoms with Gasteiger partial charge in [0.05, 0.1) is 61.3 Å². The van der Waals surface area contributed by atoms with Crippen molar-refractivity contribution in [3.8, 4) is 0 Å². The maximum Gasteiger partial charge on any atom is 0.407 e. The van der Waals surface area contributed by atoms with Gasteiger partial charge in [0.1, 0.15) is 62.0 Å². The molecule has 1 fully saturated rings. The molecule has 0 aromatic carbocycles. The largest absolute Gasteiger partial charge is 0.462 e. The van der Waals surface area contributed by atoms with Crippen LogP contribution >= 0.6 is 0 Å². The highest BCUT2D eigenvalue weighted by Gasteiger charge is 2.50. The maximum atomic E-state index is 13.7. The number of ether oxygens (including phenoxy) is 9. The second-order valence-corrected chi connectivity index (χ2v) is 22.1. The summed E-state index contributed by atoms with van der Waals surface area (Å²) in [4.78, 5) is 74.0. The number of rotatable bonds is 34. The number of carbonyl (C=O) groups is 6. The van der Waals surface area contributed by atoms with Crippen LogP contribution < -0.4 is 32.7 Å². The zero-order valence-electron chi connectivity index (χ0n) is 49.5. The lowest BCUT2D eigenvalue weighted by Crippen LogP contribution is -2.45. The van der Waals surface area contributed by atoms with E-state index in [2.05, 4.69) is 27.0 Å². The van der Waals surface area contributed by atoms with Gasteiger partial charge in [-0.1, -0.05) is 13.8 Å². The highest BCUT2D eigenvalue weighted by molar-refractivity contribution is 5.82. The fourth-order valence-electron chi connectivity index (χ4n) is 6.37. The van der Waals surface area contributed by atoms with Gasteiger partial charge >= 0.3 is 36.1 Å². The molecule has 1 saturated heterocycles. The molecule has 1 heterocycles. The summed E-state index contributed by atoms with van der Waals surface area (Å²) >= 11 is 0. The van der Waals surface area contributed by atoms with E-state index in [1.54, 1.807) is 62.4 Å². The summed E-state index contributed by atoms with van der Waals surface area (Å²) in [7, 11) is 3.15. The van der Waals surface area contributed by atoms with Crippen molar-refractivity contribution in [3.05, 3.63) is 0 Å². The minimum absolute atomic E-state index is 0.0719. The smallest absolute Gasteiger partial charge is 0.407 e. The molecule has 1 aliphatic heterocycles. The van der Waals surface area contributed by atoms with Crippen molar-refractivity contribution < 1.29 is 91.8 Å². The van der Waals surface area contributed by atoms with Gasteiger partial charge in [-0.3, -0.25) is 19.2 Å². The van der Waals surface area contributed by atoms with Gasteiger partial charge in [-0.2, -0.15) is 0 Å². The Morgan fingerprint density at radius 1 is 0.584 bits per heavy atom. The molecule has 2 amide bonds. The Labute approximate surface area is 458 Å². The molecule has 456 valence electrons. The monoisotopic (exact) mass is 1120 g/mol. The molecule has 1 rings (SSSR count). The van der Waals surface area contributed by atoms with Gasteiger partial charge in [0.15, 0.2) is 0 Å². The lowest BCUT2D eigenvalue weighted by Gasteiger charge is -2.39. The summed E-state index contributed by atoms with van der Waals surface area (Å²) in [6, 6.07) is 0. The van der Waals surface area contributed by atoms with E-state index >= 15 is 0 Å². The van der Waals surface area contributed by atoms with Crippen LogP contribution in [-0.4, -0.2) is 212 Å². The number of aliphatic hydroxyl groups excluding tert-OH is 4. The summed E-state index contributed by atoms with van der Waals surface area (Å²) in [5.41, 5.74) is 4.34. The van der Waals surface area contributed by atoms with Crippen LogP contribution in [0.2, 0.25) is 0 Å². The lowest BCUT2D eigenvalue weighted by molar-refractivity contribution is -0.172. The van der Waals surface area contributed by atoms with E-state index in [1.807, 2.05) is 41.5 Å². The minimum Gasteiger partial charge on any atom is -0.462 e. The Morgan fingerprint density at radius 3 is 1.44 bits per heavy atom. The van der Waals surface area contributed by atoms with Gasteiger partial charge in [0.2, 0.25) is 0 Å². The minimum atomic E-state index is -1.46. The second kappa shape index (κ2) is 40.2. The first kappa shape index (κ1) is 77.2. The van der Waals surface area contributed by atoms with Crippen LogP contribution in [0.4, 0.5) is 9.59 Å². The fraction of sp³-hybridized carbons (Fsp3) is 0.885. The topological polar surface area (TPSA) is 370 Å². The van der Waals surface area contributed by atoms with E-state index in [4.69, 9.17) is 53.5 Å². The Kier molecular flexibility index (Phi) is 40.3. The number of epoxide rings is 1. The molecular formula is C52H104N6O19. The summed E-state index contributed by atoms with van der Waals surface area (Å²) in [5, 5.41) is 50.2. The Hall–Kier alpha value is -4.02. The highest BCUT2D eigenvalue weighted by Crippen LogP contribution is 2.46. The summed E-state index contributed by atoms with van der Waals surface area (Å²) < 4.78 is 46.8. The van der Waals surface area contributed by atoms with Crippen molar-refractivity contribution in [3.63, 3.8) is 0 Å². The molecule has 0 aromatic rings. The number of esters is 4. The lowest BCUT2D eigenvalue weighted by atomic mass is 9.65. The molecule has 1 aliphatic rings. The van der Waals surface area contributed by atoms with E-state index in [1.165, 1.54) is 7.05 Å². The molecule has 6 atom stereocenters. The molecule has 0 radical (unpaired) electrons. The zero-order valence-corrected chi connectivity index (χ0v) is 49.5. The molecule has 0 spiro atoms. The normalized spacial score (nSPS) is 15.9. The summed E-state index contributed by atoms with van der Waals surface area (Å²) in [6.45, 7) is 27.4. The quantitative estimate of drug-likeness (QED) is 0.0190. The average Bonchev–Trinajstić information content (AvgIpc) is 4.18. The molecule has 0 aliphatic carbocycles. The van der Waals surface area contributed by atoms with Crippen molar-refractivity contribution in [1.82, 2.24) is 21.3 Å². The van der Waals surface area contributed by atoms with E-state index in [-0.39, 0.29) is 76.2 Å². The van der Waals surface area contributed by atoms with Crippen molar-refractivity contribution >= 4 is 36.1 Å². The number of hydrogen-bond donors (Lipinski definition) is 10. The van der Waals surface area contributed by atoms with Gasteiger partial charge in [-0.05, 0) is 123 Å². The Balaban J connectivity index is -0.00000157. The third-order valence-electron chi connectivity index (χ3n) is 10.9. The number of likely N-dealkylation sites (N-methyl/N-ethyl adjacent to an activating group) is 1. The van der Waals surface area contributed by atoms with Gasteiger partial charge in [0, 0.05) is 39.3 Å². The van der Waals surface area contributed by atoms with Crippen LogP contribution in [0.3, 0.4) is 0 Å². The fourth-order valence-corrected chi connectivity index (χ4v) is 6.37. The number of nitrogens with two attached hydrogens (primary N) is 2. The van der Waals surface area contributed by atoms with Crippen LogP contribution in [0, 0.1) is 21.7 Å². The van der Waals surface area contributed by atoms with E-state index in [0.717, 1.165) is 13.0 Å². The van der Waals surface area contributed by atoms with Crippen molar-refractivity contribution in [1.29, 1.82) is 0 Å². The van der Waals surface area contributed by atoms with Crippen LogP contribution in [0.5, 0.6) is 0 Å². The van der Waals surface area contributed by atoms with Crippen LogP contribution in [0.15, 0.2) is 0 Å². The molecule has 25 heteroatoms. The third kappa shape index (κ3) is 39.9. The van der Waals surface area contributed by atoms with E-state index < -0.39 is 89.1 Å². The number of amides is 2. The number of alkyl carbamates (subject to hydrolysis) is 2. The second-order valence-electron chi connectivity index (χ2n) is 22.1. The maximum absolute atomic E-state index is 13.7. The molecule has 0 saturated carbocycles. The van der Waals surface area contributed by atoms with Crippen molar-refractivity contribution in [2.45, 2.75) is 158 Å². The third-order valence-corrected chi connectivity index (χ3v) is 10.9. The van der Waals surface area contributed by atoms with Gasteiger partial charge in [0.25, 0.3) is 0 Å². The van der Waals surface area contributed by atoms with Crippen molar-refractivity contribution in [2.24, 2.45) is 33.1 Å². The van der Waals surface area contributed by atoms with E-state index in [9.17, 15) is 44.1 Å². The summed E-state index contributed by atoms with van der Waals surface area (Å²) in [5.74, 6) is -2.25. The first-order valence-electron chi connectivity index (χ1n) is 26.3. The van der Waals surface area contributed by atoms with Crippen LogP contribution in [0.25, 0.3) is 0 Å². The average molecular weight is 1120 g/mol. The number of carbonyl (C=O) groups excluding carboxylic acids is 6. The predicted octanol–water partition coefficient (Wildman–Crippen LogP) is 1.70. The predicted molar refractivity (Wildman–Crippen MR) is 288 cm³/mol. The SMILES string of the molecule is CC(C)(C)OC(=O)NCCOCCN.CCC(C)(C)C(=O)OCC1CO1.CCC(C)(CC(C)(CC(C)(C)C(=O)OCC(O)CO)C(=O)OCC(O)CNCCOCCNC(=O)OC(C)(C)C)C(=O)OCC(O)CNC.CN. The van der Waals surface area contributed by atoms with Crippen molar-refractivity contribution in [2.75, 3.05) is 119 Å². The first-order valence-corrected chi connectivity index (χ1v) is 26.3. The van der Waals surface area contributed by atoms with Gasteiger partial charge < -0.3 is 95.8 Å². The number of nitrogens with one attached hydrogen (secondary N) is 4. The van der Waals surface area contributed by atoms with Crippen LogP contribution in [-0.2, 0) is 61.8 Å². The number of hydrogen-bond acceptors (Lipinski definition) is 23. The molecule has 12 N–H and O–H groups in total. The molecule has 0 aromatic heterocycles. The standard InChI is InChI=1S/C33H63N3O13.C9H20N2O3.C9H16O3.CH5N/c1-10-32(7,27(42)47-18-23(38)15-34-9)22-33(8,21-31(5,6)26(41)46-20-25(40)17-37)28(43)48-19-24(39)16-35-11-13-45-14-12-36-29(44)49-30(2,3)4;1-9(2,3)14-8(12)11-5-7-13-6-4-10;1-4-9(2,3)8(10)12-6-7-5-11-7;1-2/h23-25,34-35,37-40H,10-22H2,1-9H3,(H,36,44);4-7,10H2,1-3H3,(H,11,12);7H,4-6H2,1-3H3;2H2,1H3. The summed E-state index contributed by atoms with van der Waals surface area (Å²) in [6.07, 6.45) is -3.25.